The van der Waals surface area contributed by atoms with Crippen LogP contribution >= 0.6 is 0 Å². The zero-order valence-electron chi connectivity index (χ0n) is 13.5. The Labute approximate surface area is 138 Å². The van der Waals surface area contributed by atoms with E-state index in [2.05, 4.69) is 23.1 Å². The van der Waals surface area contributed by atoms with Crippen LogP contribution in [0.3, 0.4) is 0 Å². The second kappa shape index (κ2) is 8.14. The van der Waals surface area contributed by atoms with Crippen LogP contribution in [0.2, 0.25) is 0 Å². The first-order chi connectivity index (χ1) is 11.3. The zero-order chi connectivity index (χ0) is 15.9. The minimum absolute atomic E-state index is 0.323. The van der Waals surface area contributed by atoms with Crippen molar-refractivity contribution in [3.8, 4) is 11.5 Å². The summed E-state index contributed by atoms with van der Waals surface area (Å²) in [6.45, 7) is 3.53. The Morgan fingerprint density at radius 3 is 2.43 bits per heavy atom. The minimum atomic E-state index is 0.323. The lowest BCUT2D eigenvalue weighted by molar-refractivity contribution is 0.153. The zero-order valence-corrected chi connectivity index (χ0v) is 13.5. The minimum Gasteiger partial charge on any atom is -0.457 e. The van der Waals surface area contributed by atoms with E-state index in [0.717, 1.165) is 37.6 Å². The summed E-state index contributed by atoms with van der Waals surface area (Å²) < 4.78 is 5.91. The van der Waals surface area contributed by atoms with Gasteiger partial charge >= 0.3 is 0 Å². The molecule has 0 aromatic heterocycles. The van der Waals surface area contributed by atoms with Crippen molar-refractivity contribution in [1.82, 2.24) is 4.90 Å². The van der Waals surface area contributed by atoms with Gasteiger partial charge in [0.15, 0.2) is 0 Å². The monoisotopic (exact) mass is 311 g/mol. The Balaban J connectivity index is 1.56. The second-order valence-electron chi connectivity index (χ2n) is 6.29. The standard InChI is InChI=1S/C20H25NO2/c22-14-11-17-9-12-21(13-10-17)16-18-5-4-8-20(15-18)23-19-6-2-1-3-7-19/h1-8,15,17,22H,9-14,16H2. The highest BCUT2D eigenvalue weighted by Crippen LogP contribution is 2.24. The molecule has 0 atom stereocenters. The van der Waals surface area contributed by atoms with E-state index in [1.54, 1.807) is 0 Å². The summed E-state index contributed by atoms with van der Waals surface area (Å²) in [7, 11) is 0. The second-order valence-corrected chi connectivity index (χ2v) is 6.29. The Bertz CT molecular complexity index is 592. The van der Waals surface area contributed by atoms with E-state index in [-0.39, 0.29) is 0 Å². The predicted octanol–water partition coefficient (Wildman–Crippen LogP) is 4.07. The normalized spacial score (nSPS) is 16.4. The highest BCUT2D eigenvalue weighted by atomic mass is 16.5. The molecular weight excluding hydrogens is 286 g/mol. The van der Waals surface area contributed by atoms with Gasteiger partial charge in [0.2, 0.25) is 0 Å². The number of aliphatic hydroxyl groups is 1. The molecule has 23 heavy (non-hydrogen) atoms. The van der Waals surface area contributed by atoms with Crippen molar-refractivity contribution in [3.63, 3.8) is 0 Å². The fourth-order valence-corrected chi connectivity index (χ4v) is 3.21. The van der Waals surface area contributed by atoms with Gasteiger partial charge in [0.05, 0.1) is 0 Å². The van der Waals surface area contributed by atoms with Crippen LogP contribution in [0, 0.1) is 5.92 Å². The fraction of sp³-hybridized carbons (Fsp3) is 0.400. The molecule has 1 saturated heterocycles. The number of para-hydroxylation sites is 1. The van der Waals surface area contributed by atoms with Gasteiger partial charge in [-0.25, -0.2) is 0 Å². The number of ether oxygens (including phenoxy) is 1. The van der Waals surface area contributed by atoms with E-state index in [1.807, 2.05) is 36.4 Å². The third-order valence-electron chi connectivity index (χ3n) is 4.53. The maximum absolute atomic E-state index is 9.04. The van der Waals surface area contributed by atoms with Crippen molar-refractivity contribution in [2.45, 2.75) is 25.8 Å². The fourth-order valence-electron chi connectivity index (χ4n) is 3.21. The van der Waals surface area contributed by atoms with Crippen LogP contribution in [-0.4, -0.2) is 29.7 Å². The smallest absolute Gasteiger partial charge is 0.127 e. The van der Waals surface area contributed by atoms with Gasteiger partial charge in [-0.05, 0) is 68.1 Å². The van der Waals surface area contributed by atoms with Crippen LogP contribution < -0.4 is 4.74 Å². The molecule has 1 heterocycles. The quantitative estimate of drug-likeness (QED) is 0.873. The Morgan fingerprint density at radius 2 is 1.70 bits per heavy atom. The number of benzene rings is 2. The van der Waals surface area contributed by atoms with Crippen molar-refractivity contribution in [1.29, 1.82) is 0 Å². The number of likely N-dealkylation sites (tertiary alicyclic amines) is 1. The van der Waals surface area contributed by atoms with E-state index in [1.165, 1.54) is 18.4 Å². The van der Waals surface area contributed by atoms with E-state index in [4.69, 9.17) is 9.84 Å². The molecule has 2 aromatic carbocycles. The first-order valence-corrected chi connectivity index (χ1v) is 8.48. The first-order valence-electron chi connectivity index (χ1n) is 8.48. The summed E-state index contributed by atoms with van der Waals surface area (Å²) in [4.78, 5) is 2.50. The van der Waals surface area contributed by atoms with Gasteiger partial charge in [0.1, 0.15) is 11.5 Å². The number of hydrogen-bond acceptors (Lipinski definition) is 3. The molecule has 0 aliphatic carbocycles. The molecule has 0 spiro atoms. The molecule has 1 aliphatic rings. The summed E-state index contributed by atoms with van der Waals surface area (Å²) in [5.74, 6) is 2.46. The highest BCUT2D eigenvalue weighted by molar-refractivity contribution is 5.33. The third kappa shape index (κ3) is 4.81. The highest BCUT2D eigenvalue weighted by Gasteiger charge is 2.18. The number of aliphatic hydroxyl groups excluding tert-OH is 1. The first kappa shape index (κ1) is 16.0. The topological polar surface area (TPSA) is 32.7 Å². The molecule has 0 amide bonds. The molecule has 1 fully saturated rings. The lowest BCUT2D eigenvalue weighted by Gasteiger charge is -2.31. The SMILES string of the molecule is OCCC1CCN(Cc2cccc(Oc3ccccc3)c2)CC1. The summed E-state index contributed by atoms with van der Waals surface area (Å²) in [5, 5.41) is 9.04. The summed E-state index contributed by atoms with van der Waals surface area (Å²) in [6, 6.07) is 18.3. The molecule has 3 rings (SSSR count). The molecule has 122 valence electrons. The number of hydrogen-bond donors (Lipinski definition) is 1. The molecule has 3 heteroatoms. The van der Waals surface area contributed by atoms with Crippen molar-refractivity contribution in [3.05, 3.63) is 60.2 Å². The maximum atomic E-state index is 9.04. The van der Waals surface area contributed by atoms with Gasteiger partial charge in [0, 0.05) is 13.2 Å². The van der Waals surface area contributed by atoms with Gasteiger partial charge in [-0.1, -0.05) is 30.3 Å². The average Bonchev–Trinajstić information content (AvgIpc) is 2.58. The molecule has 3 nitrogen and oxygen atoms in total. The van der Waals surface area contributed by atoms with Crippen LogP contribution in [0.25, 0.3) is 0 Å². The van der Waals surface area contributed by atoms with Crippen LogP contribution in [0.15, 0.2) is 54.6 Å². The molecular formula is C20H25NO2. The van der Waals surface area contributed by atoms with Crippen LogP contribution in [0.1, 0.15) is 24.8 Å². The van der Waals surface area contributed by atoms with Gasteiger partial charge in [0.25, 0.3) is 0 Å². The molecule has 0 saturated carbocycles. The van der Waals surface area contributed by atoms with Crippen LogP contribution in [0.4, 0.5) is 0 Å². The summed E-state index contributed by atoms with van der Waals surface area (Å²) in [5.41, 5.74) is 1.29. The molecule has 0 bridgehead atoms. The Hall–Kier alpha value is -1.84. The average molecular weight is 311 g/mol. The lowest BCUT2D eigenvalue weighted by Crippen LogP contribution is -2.33. The van der Waals surface area contributed by atoms with Crippen molar-refractivity contribution < 1.29 is 9.84 Å². The predicted molar refractivity (Wildman–Crippen MR) is 92.7 cm³/mol. The summed E-state index contributed by atoms with van der Waals surface area (Å²) >= 11 is 0. The molecule has 2 aromatic rings. The third-order valence-corrected chi connectivity index (χ3v) is 4.53. The van der Waals surface area contributed by atoms with Crippen LogP contribution in [-0.2, 0) is 6.54 Å². The van der Waals surface area contributed by atoms with E-state index < -0.39 is 0 Å². The van der Waals surface area contributed by atoms with E-state index >= 15 is 0 Å². The van der Waals surface area contributed by atoms with Gasteiger partial charge in [-0.3, -0.25) is 4.90 Å². The van der Waals surface area contributed by atoms with Gasteiger partial charge < -0.3 is 9.84 Å². The van der Waals surface area contributed by atoms with Crippen molar-refractivity contribution in [2.24, 2.45) is 5.92 Å². The Kier molecular flexibility index (Phi) is 5.67. The number of nitrogens with zero attached hydrogens (tertiary/aromatic N) is 1. The van der Waals surface area contributed by atoms with Gasteiger partial charge in [-0.2, -0.15) is 0 Å². The maximum Gasteiger partial charge on any atom is 0.127 e. The lowest BCUT2D eigenvalue weighted by atomic mass is 9.94. The molecule has 1 N–H and O–H groups in total. The van der Waals surface area contributed by atoms with Crippen molar-refractivity contribution >= 4 is 0 Å². The van der Waals surface area contributed by atoms with Crippen LogP contribution in [0.5, 0.6) is 11.5 Å². The van der Waals surface area contributed by atoms with E-state index in [0.29, 0.717) is 12.5 Å². The summed E-state index contributed by atoms with van der Waals surface area (Å²) in [6.07, 6.45) is 3.34. The molecule has 0 unspecified atom stereocenters. The van der Waals surface area contributed by atoms with Crippen molar-refractivity contribution in [2.75, 3.05) is 19.7 Å². The van der Waals surface area contributed by atoms with E-state index in [9.17, 15) is 0 Å². The van der Waals surface area contributed by atoms with Gasteiger partial charge in [-0.15, -0.1) is 0 Å². The molecule has 1 aliphatic heterocycles. The Morgan fingerprint density at radius 1 is 0.957 bits per heavy atom. The largest absolute Gasteiger partial charge is 0.457 e. The number of rotatable bonds is 6. The number of piperidine rings is 1. The molecule has 0 radical (unpaired) electrons.